The van der Waals surface area contributed by atoms with Crippen LogP contribution >= 0.6 is 0 Å². The van der Waals surface area contributed by atoms with Gasteiger partial charge in [0.05, 0.1) is 18.1 Å². The average Bonchev–Trinajstić information content (AvgIpc) is 3.55. The van der Waals surface area contributed by atoms with E-state index in [2.05, 4.69) is 10.0 Å². The molecule has 0 spiro atoms. The number of anilines is 1. The van der Waals surface area contributed by atoms with Crippen molar-refractivity contribution < 1.29 is 27.5 Å². The molecule has 1 saturated carbocycles. The van der Waals surface area contributed by atoms with Gasteiger partial charge in [-0.05, 0) is 68.1 Å². The molecule has 8 nitrogen and oxygen atoms in total. The van der Waals surface area contributed by atoms with Gasteiger partial charge in [-0.25, -0.2) is 8.42 Å². The maximum atomic E-state index is 12.6. The maximum absolute atomic E-state index is 12.6. The van der Waals surface area contributed by atoms with Crippen molar-refractivity contribution in [1.29, 1.82) is 0 Å². The van der Waals surface area contributed by atoms with Gasteiger partial charge < -0.3 is 14.8 Å². The number of ether oxygens (including phenoxy) is 2. The van der Waals surface area contributed by atoms with Crippen molar-refractivity contribution in [3.63, 3.8) is 0 Å². The SMILES string of the molecule is CCOc1ccc(S(=O)(=O)Nc2cccc(C(=O)NCC(=O)OCC3CC3)c2)cc1. The van der Waals surface area contributed by atoms with Gasteiger partial charge in [0.15, 0.2) is 0 Å². The third-order valence-electron chi connectivity index (χ3n) is 4.39. The van der Waals surface area contributed by atoms with E-state index in [-0.39, 0.29) is 22.7 Å². The third-order valence-corrected chi connectivity index (χ3v) is 5.79. The Balaban J connectivity index is 1.59. The van der Waals surface area contributed by atoms with Crippen LogP contribution in [0.25, 0.3) is 0 Å². The summed E-state index contributed by atoms with van der Waals surface area (Å²) in [5.74, 6) is 0.0265. The van der Waals surface area contributed by atoms with Crippen molar-refractivity contribution in [2.45, 2.75) is 24.7 Å². The van der Waals surface area contributed by atoms with Crippen LogP contribution in [0.5, 0.6) is 5.75 Å². The molecule has 0 aromatic heterocycles. The lowest BCUT2D eigenvalue weighted by molar-refractivity contribution is -0.142. The molecule has 2 N–H and O–H groups in total. The van der Waals surface area contributed by atoms with Crippen LogP contribution in [0.1, 0.15) is 30.1 Å². The first-order valence-electron chi connectivity index (χ1n) is 9.67. The van der Waals surface area contributed by atoms with Gasteiger partial charge in [0, 0.05) is 11.3 Å². The molecule has 0 unspecified atom stereocenters. The van der Waals surface area contributed by atoms with Crippen LogP contribution in [0.3, 0.4) is 0 Å². The fourth-order valence-corrected chi connectivity index (χ4v) is 3.67. The van der Waals surface area contributed by atoms with Gasteiger partial charge in [-0.2, -0.15) is 0 Å². The molecule has 160 valence electrons. The summed E-state index contributed by atoms with van der Waals surface area (Å²) in [6.45, 7) is 2.47. The number of rotatable bonds is 10. The molecule has 30 heavy (non-hydrogen) atoms. The molecule has 2 aromatic carbocycles. The largest absolute Gasteiger partial charge is 0.494 e. The lowest BCUT2D eigenvalue weighted by Crippen LogP contribution is -2.31. The molecule has 1 amide bonds. The van der Waals surface area contributed by atoms with Gasteiger partial charge in [0.25, 0.3) is 15.9 Å². The highest BCUT2D eigenvalue weighted by Crippen LogP contribution is 2.28. The number of carbonyl (C=O) groups is 2. The molecule has 3 rings (SSSR count). The summed E-state index contributed by atoms with van der Waals surface area (Å²) in [6, 6.07) is 12.0. The number of sulfonamides is 1. The second-order valence-corrected chi connectivity index (χ2v) is 8.58. The van der Waals surface area contributed by atoms with Crippen LogP contribution in [0.2, 0.25) is 0 Å². The summed E-state index contributed by atoms with van der Waals surface area (Å²) < 4.78 is 38.0. The fourth-order valence-electron chi connectivity index (χ4n) is 2.62. The van der Waals surface area contributed by atoms with E-state index in [1.807, 2.05) is 6.92 Å². The van der Waals surface area contributed by atoms with E-state index >= 15 is 0 Å². The Morgan fingerprint density at radius 1 is 1.10 bits per heavy atom. The average molecular weight is 432 g/mol. The summed E-state index contributed by atoms with van der Waals surface area (Å²) >= 11 is 0. The minimum absolute atomic E-state index is 0.0687. The number of amides is 1. The van der Waals surface area contributed by atoms with Gasteiger partial charge in [0.2, 0.25) is 0 Å². The van der Waals surface area contributed by atoms with Gasteiger partial charge in [-0.15, -0.1) is 0 Å². The zero-order valence-electron chi connectivity index (χ0n) is 16.6. The van der Waals surface area contributed by atoms with Gasteiger partial charge in [-0.1, -0.05) is 6.07 Å². The molecule has 1 fully saturated rings. The lowest BCUT2D eigenvalue weighted by Gasteiger charge is -2.11. The first-order valence-corrected chi connectivity index (χ1v) is 11.2. The normalized spacial score (nSPS) is 13.4. The zero-order chi connectivity index (χ0) is 21.6. The number of benzene rings is 2. The van der Waals surface area contributed by atoms with Crippen LogP contribution in [0.15, 0.2) is 53.4 Å². The standard InChI is InChI=1S/C21H24N2O6S/c1-2-28-18-8-10-19(11-9-18)30(26,27)23-17-5-3-4-16(12-17)21(25)22-13-20(24)29-14-15-6-7-15/h3-5,8-12,15,23H,2,6-7,13-14H2,1H3,(H,22,25). The topological polar surface area (TPSA) is 111 Å². The van der Waals surface area contributed by atoms with E-state index in [1.54, 1.807) is 18.2 Å². The van der Waals surface area contributed by atoms with E-state index in [1.165, 1.54) is 30.3 Å². The van der Waals surface area contributed by atoms with E-state index < -0.39 is 21.9 Å². The van der Waals surface area contributed by atoms with E-state index in [0.717, 1.165) is 12.8 Å². The van der Waals surface area contributed by atoms with Gasteiger partial charge >= 0.3 is 5.97 Å². The van der Waals surface area contributed by atoms with Gasteiger partial charge in [-0.3, -0.25) is 14.3 Å². The molecule has 9 heteroatoms. The quantitative estimate of drug-likeness (QED) is 0.558. The van der Waals surface area contributed by atoms with Crippen molar-refractivity contribution in [2.75, 3.05) is 24.5 Å². The highest BCUT2D eigenvalue weighted by atomic mass is 32.2. The molecule has 0 bridgehead atoms. The predicted octanol–water partition coefficient (Wildman–Crippen LogP) is 2.57. The first-order chi connectivity index (χ1) is 14.4. The van der Waals surface area contributed by atoms with Crippen LogP contribution in [-0.4, -0.2) is 40.1 Å². The van der Waals surface area contributed by atoms with Crippen molar-refractivity contribution >= 4 is 27.6 Å². The molecule has 0 radical (unpaired) electrons. The smallest absolute Gasteiger partial charge is 0.325 e. The molecule has 0 heterocycles. The van der Waals surface area contributed by atoms with Crippen molar-refractivity contribution in [3.05, 3.63) is 54.1 Å². The first kappa shape index (κ1) is 21.6. The second-order valence-electron chi connectivity index (χ2n) is 6.90. The molecular weight excluding hydrogens is 408 g/mol. The van der Waals surface area contributed by atoms with Crippen molar-refractivity contribution in [2.24, 2.45) is 5.92 Å². The number of nitrogens with one attached hydrogen (secondary N) is 2. The summed E-state index contributed by atoms with van der Waals surface area (Å²) in [4.78, 5) is 24.0. The number of carbonyl (C=O) groups excluding carboxylic acids is 2. The monoisotopic (exact) mass is 432 g/mol. The van der Waals surface area contributed by atoms with E-state index in [4.69, 9.17) is 9.47 Å². The Bertz CT molecular complexity index is 1000. The van der Waals surface area contributed by atoms with E-state index in [0.29, 0.717) is 24.9 Å². The highest BCUT2D eigenvalue weighted by molar-refractivity contribution is 7.92. The molecule has 1 aliphatic rings. The maximum Gasteiger partial charge on any atom is 0.325 e. The molecule has 1 aliphatic carbocycles. The van der Waals surface area contributed by atoms with Crippen LogP contribution < -0.4 is 14.8 Å². The Labute approximate surface area is 175 Å². The number of hydrogen-bond donors (Lipinski definition) is 2. The summed E-state index contributed by atoms with van der Waals surface area (Å²) in [5.41, 5.74) is 0.449. The minimum atomic E-state index is -3.83. The van der Waals surface area contributed by atoms with Crippen LogP contribution in [0, 0.1) is 5.92 Å². The highest BCUT2D eigenvalue weighted by Gasteiger charge is 2.23. The lowest BCUT2D eigenvalue weighted by atomic mass is 10.2. The second kappa shape index (κ2) is 9.62. The Morgan fingerprint density at radius 3 is 2.50 bits per heavy atom. The van der Waals surface area contributed by atoms with Crippen molar-refractivity contribution in [3.8, 4) is 5.75 Å². The molecule has 0 aliphatic heterocycles. The Kier molecular flexibility index (Phi) is 6.94. The van der Waals surface area contributed by atoms with Crippen molar-refractivity contribution in [1.82, 2.24) is 5.32 Å². The molecular formula is C21H24N2O6S. The Morgan fingerprint density at radius 2 is 1.83 bits per heavy atom. The van der Waals surface area contributed by atoms with Gasteiger partial charge in [0.1, 0.15) is 12.3 Å². The fraction of sp³-hybridized carbons (Fsp3) is 0.333. The summed E-state index contributed by atoms with van der Waals surface area (Å²) in [5, 5.41) is 2.48. The Hall–Kier alpha value is -3.07. The number of esters is 1. The molecule has 0 saturated heterocycles. The van der Waals surface area contributed by atoms with E-state index in [9.17, 15) is 18.0 Å². The minimum Gasteiger partial charge on any atom is -0.494 e. The summed E-state index contributed by atoms with van der Waals surface area (Å²) in [6.07, 6.45) is 2.14. The third kappa shape index (κ3) is 6.21. The predicted molar refractivity (Wildman–Crippen MR) is 111 cm³/mol. The molecule has 2 aromatic rings. The zero-order valence-corrected chi connectivity index (χ0v) is 17.4. The van der Waals surface area contributed by atoms with Crippen LogP contribution in [0.4, 0.5) is 5.69 Å². The number of hydrogen-bond acceptors (Lipinski definition) is 6. The van der Waals surface area contributed by atoms with Crippen LogP contribution in [-0.2, 0) is 19.6 Å². The summed E-state index contributed by atoms with van der Waals surface area (Å²) in [7, 11) is -3.83. The molecule has 0 atom stereocenters.